The first-order chi connectivity index (χ1) is 16.0. The van der Waals surface area contributed by atoms with Crippen molar-refractivity contribution < 1.29 is 13.6 Å². The van der Waals surface area contributed by atoms with Crippen molar-refractivity contribution in [2.24, 2.45) is 5.41 Å². The predicted octanol–water partition coefficient (Wildman–Crippen LogP) is 5.87. The Kier molecular flexibility index (Phi) is 6.67. The minimum atomic E-state index is -1.60. The summed E-state index contributed by atoms with van der Waals surface area (Å²) in [5.74, 6) is -2.76. The number of rotatable bonds is 5. The van der Waals surface area contributed by atoms with Crippen LogP contribution < -0.4 is 10.6 Å². The zero-order valence-corrected chi connectivity index (χ0v) is 20.8. The van der Waals surface area contributed by atoms with Gasteiger partial charge in [0.2, 0.25) is 5.91 Å². The van der Waals surface area contributed by atoms with Crippen LogP contribution in [0, 0.1) is 28.4 Å². The van der Waals surface area contributed by atoms with E-state index in [1.807, 2.05) is 20.8 Å². The fourth-order valence-corrected chi connectivity index (χ4v) is 5.42. The number of carbonyl (C=O) groups is 1. The van der Waals surface area contributed by atoms with Crippen molar-refractivity contribution in [3.8, 4) is 6.07 Å². The van der Waals surface area contributed by atoms with E-state index in [9.17, 15) is 10.1 Å². The fraction of sp³-hybridized carbons (Fsp3) is 0.462. The fourth-order valence-electron chi connectivity index (χ4n) is 5.08. The van der Waals surface area contributed by atoms with Gasteiger partial charge in [-0.3, -0.25) is 4.79 Å². The van der Waals surface area contributed by atoms with E-state index in [-0.39, 0.29) is 38.5 Å². The molecule has 2 N–H and O–H groups in total. The van der Waals surface area contributed by atoms with Crippen LogP contribution in [0.3, 0.4) is 0 Å². The van der Waals surface area contributed by atoms with Gasteiger partial charge in [0.25, 0.3) is 0 Å². The molecule has 0 aromatic heterocycles. The third-order valence-electron chi connectivity index (χ3n) is 6.66. The van der Waals surface area contributed by atoms with Gasteiger partial charge in [0, 0.05) is 28.6 Å². The lowest BCUT2D eigenvalue weighted by molar-refractivity contribution is -0.123. The maximum Gasteiger partial charge on any atom is 0.238 e. The van der Waals surface area contributed by atoms with Gasteiger partial charge in [-0.05, 0) is 48.4 Å². The molecule has 1 amide bonds. The molecule has 1 saturated heterocycles. The molecule has 4 atom stereocenters. The number of hydrogen-bond acceptors (Lipinski definition) is 3. The summed E-state index contributed by atoms with van der Waals surface area (Å²) in [4.78, 5) is 13.4. The molecule has 1 aliphatic carbocycles. The van der Waals surface area contributed by atoms with Gasteiger partial charge in [0.1, 0.15) is 17.0 Å². The molecule has 1 heterocycles. The van der Waals surface area contributed by atoms with Crippen molar-refractivity contribution in [1.29, 1.82) is 5.26 Å². The summed E-state index contributed by atoms with van der Waals surface area (Å²) >= 11 is 12.1. The molecular weight excluding hydrogens is 479 g/mol. The minimum absolute atomic E-state index is 0.0598. The Morgan fingerprint density at radius 3 is 2.53 bits per heavy atom. The molecule has 0 spiro atoms. The highest BCUT2D eigenvalue weighted by molar-refractivity contribution is 6.31. The van der Waals surface area contributed by atoms with Crippen molar-refractivity contribution in [3.05, 3.63) is 69.2 Å². The SMILES string of the molecule is CC(C)(C)C[C@@H]1N[C@@H](C(=O)NC2CC2)[C@H](c2cccc(Cl)c2F)[C@@]1(C#N)c1ccc(Cl)cc1F. The smallest absolute Gasteiger partial charge is 0.238 e. The standard InChI is InChI=1S/C26H27Cl2F2N3O/c1-25(2,3)12-20-26(13-31,17-10-7-14(27)11-19(17)29)21(16-5-4-6-18(28)22(16)30)23(33-20)24(34)32-15-8-9-15/h4-7,10-11,15,20-21,23,33H,8-9,12H2,1-3H3,(H,32,34)/t20-,21-,23+,26-/m0/s1. The van der Waals surface area contributed by atoms with Crippen LogP contribution >= 0.6 is 23.2 Å². The molecule has 2 aromatic rings. The first kappa shape index (κ1) is 24.9. The number of nitrogens with one attached hydrogen (secondary N) is 2. The molecule has 2 aliphatic rings. The number of nitrogens with zero attached hydrogens (tertiary/aromatic N) is 1. The van der Waals surface area contributed by atoms with E-state index in [4.69, 9.17) is 23.2 Å². The molecule has 4 nitrogen and oxygen atoms in total. The zero-order chi connectivity index (χ0) is 24.8. The molecule has 180 valence electrons. The van der Waals surface area contributed by atoms with E-state index >= 15 is 8.78 Å². The summed E-state index contributed by atoms with van der Waals surface area (Å²) in [5.41, 5.74) is -1.70. The van der Waals surface area contributed by atoms with Crippen LogP contribution in [0.4, 0.5) is 8.78 Å². The van der Waals surface area contributed by atoms with Crippen molar-refractivity contribution in [2.45, 2.75) is 69.5 Å². The van der Waals surface area contributed by atoms with E-state index in [1.54, 1.807) is 6.07 Å². The average Bonchev–Trinajstić information content (AvgIpc) is 3.50. The maximum atomic E-state index is 15.5. The molecule has 2 fully saturated rings. The van der Waals surface area contributed by atoms with Gasteiger partial charge >= 0.3 is 0 Å². The molecule has 0 radical (unpaired) electrons. The van der Waals surface area contributed by atoms with Crippen LogP contribution in [0.5, 0.6) is 0 Å². The van der Waals surface area contributed by atoms with Gasteiger partial charge in [-0.25, -0.2) is 8.78 Å². The van der Waals surface area contributed by atoms with E-state index in [0.717, 1.165) is 18.9 Å². The number of nitriles is 1. The number of halogens is 4. The third kappa shape index (κ3) is 4.54. The second-order valence-corrected chi connectivity index (χ2v) is 11.3. The van der Waals surface area contributed by atoms with Crippen molar-refractivity contribution >= 4 is 29.1 Å². The van der Waals surface area contributed by atoms with Gasteiger partial charge in [0.05, 0.1) is 17.1 Å². The number of amides is 1. The highest BCUT2D eigenvalue weighted by Gasteiger charge is 2.61. The first-order valence-corrected chi connectivity index (χ1v) is 12.1. The zero-order valence-electron chi connectivity index (χ0n) is 19.3. The van der Waals surface area contributed by atoms with Crippen LogP contribution in [0.15, 0.2) is 36.4 Å². The largest absolute Gasteiger partial charge is 0.352 e. The molecular formula is C26H27Cl2F2N3O. The molecule has 2 aromatic carbocycles. The summed E-state index contributed by atoms with van der Waals surface area (Å²) in [6, 6.07) is 9.42. The van der Waals surface area contributed by atoms with Crippen LogP contribution in [0.25, 0.3) is 0 Å². The Morgan fingerprint density at radius 2 is 1.94 bits per heavy atom. The van der Waals surface area contributed by atoms with Gasteiger partial charge in [0.15, 0.2) is 0 Å². The van der Waals surface area contributed by atoms with Crippen LogP contribution in [-0.2, 0) is 10.2 Å². The topological polar surface area (TPSA) is 64.9 Å². The Hall–Kier alpha value is -2.20. The Morgan fingerprint density at radius 1 is 1.24 bits per heavy atom. The Labute approximate surface area is 208 Å². The summed E-state index contributed by atoms with van der Waals surface area (Å²) in [6.45, 7) is 6.00. The predicted molar refractivity (Wildman–Crippen MR) is 129 cm³/mol. The lowest BCUT2D eigenvalue weighted by Crippen LogP contribution is -2.46. The summed E-state index contributed by atoms with van der Waals surface area (Å²) < 4.78 is 30.9. The molecule has 4 rings (SSSR count). The molecule has 1 aliphatic heterocycles. The molecule has 0 bridgehead atoms. The third-order valence-corrected chi connectivity index (χ3v) is 7.18. The molecule has 8 heteroatoms. The number of hydrogen-bond donors (Lipinski definition) is 2. The van der Waals surface area contributed by atoms with Gasteiger partial charge < -0.3 is 10.6 Å². The number of carbonyl (C=O) groups excluding carboxylic acids is 1. The Bertz CT molecular complexity index is 1160. The monoisotopic (exact) mass is 505 g/mol. The lowest BCUT2D eigenvalue weighted by Gasteiger charge is -2.37. The van der Waals surface area contributed by atoms with E-state index in [1.165, 1.54) is 24.3 Å². The molecule has 0 unspecified atom stereocenters. The Balaban J connectivity index is 1.98. The second-order valence-electron chi connectivity index (χ2n) is 10.5. The van der Waals surface area contributed by atoms with E-state index in [0.29, 0.717) is 6.42 Å². The van der Waals surface area contributed by atoms with Crippen molar-refractivity contribution in [3.63, 3.8) is 0 Å². The van der Waals surface area contributed by atoms with Gasteiger partial charge in [-0.15, -0.1) is 0 Å². The van der Waals surface area contributed by atoms with Gasteiger partial charge in [-0.1, -0.05) is 62.2 Å². The van der Waals surface area contributed by atoms with Crippen LogP contribution in [-0.4, -0.2) is 24.0 Å². The van der Waals surface area contributed by atoms with Crippen molar-refractivity contribution in [2.75, 3.05) is 0 Å². The minimum Gasteiger partial charge on any atom is -0.352 e. The molecule has 34 heavy (non-hydrogen) atoms. The van der Waals surface area contributed by atoms with E-state index in [2.05, 4.69) is 16.7 Å². The summed E-state index contributed by atoms with van der Waals surface area (Å²) in [7, 11) is 0. The van der Waals surface area contributed by atoms with Crippen LogP contribution in [0.1, 0.15) is 57.1 Å². The normalized spacial score (nSPS) is 26.8. The molecule has 1 saturated carbocycles. The first-order valence-electron chi connectivity index (χ1n) is 11.3. The average molecular weight is 506 g/mol. The highest BCUT2D eigenvalue weighted by atomic mass is 35.5. The van der Waals surface area contributed by atoms with E-state index < -0.39 is 35.1 Å². The summed E-state index contributed by atoms with van der Waals surface area (Å²) in [5, 5.41) is 17.1. The highest BCUT2D eigenvalue weighted by Crippen LogP contribution is 2.52. The second kappa shape index (κ2) is 9.11. The van der Waals surface area contributed by atoms with Crippen LogP contribution in [0.2, 0.25) is 10.0 Å². The summed E-state index contributed by atoms with van der Waals surface area (Å²) in [6.07, 6.45) is 2.18. The number of benzene rings is 2. The quantitative estimate of drug-likeness (QED) is 0.533. The van der Waals surface area contributed by atoms with Crippen molar-refractivity contribution in [1.82, 2.24) is 10.6 Å². The maximum absolute atomic E-state index is 15.5. The van der Waals surface area contributed by atoms with Gasteiger partial charge in [-0.2, -0.15) is 5.26 Å². The lowest BCUT2D eigenvalue weighted by atomic mass is 9.62.